The summed E-state index contributed by atoms with van der Waals surface area (Å²) in [5, 5.41) is 22.4. The normalized spacial score (nSPS) is 13.4. The summed E-state index contributed by atoms with van der Waals surface area (Å²) in [6, 6.07) is 5.44. The van der Waals surface area contributed by atoms with Gasteiger partial charge in [-0.1, -0.05) is 6.58 Å². The van der Waals surface area contributed by atoms with E-state index in [0.717, 1.165) is 22.0 Å². The van der Waals surface area contributed by atoms with Crippen LogP contribution in [0.2, 0.25) is 0 Å². The van der Waals surface area contributed by atoms with Crippen LogP contribution in [0.5, 0.6) is 0 Å². The van der Waals surface area contributed by atoms with Crippen LogP contribution >= 0.6 is 0 Å². The summed E-state index contributed by atoms with van der Waals surface area (Å²) in [5.41, 5.74) is 20.7. The molecule has 9 N–H and O–H groups in total. The minimum Gasteiger partial charge on any atom is -0.399 e. The minimum atomic E-state index is 0.178. The van der Waals surface area contributed by atoms with E-state index in [1.165, 1.54) is 25.9 Å². The van der Waals surface area contributed by atoms with E-state index in [1.54, 1.807) is 16.9 Å². The fourth-order valence-corrected chi connectivity index (χ4v) is 3.31. The zero-order valence-electron chi connectivity index (χ0n) is 16.5. The first-order chi connectivity index (χ1) is 14.6. The van der Waals surface area contributed by atoms with Gasteiger partial charge in [0, 0.05) is 22.7 Å². The Kier molecular flexibility index (Phi) is 5.46. The average molecular weight is 407 g/mol. The van der Waals surface area contributed by atoms with E-state index in [4.69, 9.17) is 17.2 Å². The number of nitrogens with zero attached hydrogens (tertiary/aromatic N) is 5. The van der Waals surface area contributed by atoms with Crippen LogP contribution in [0.1, 0.15) is 18.4 Å². The molecule has 5 rings (SSSR count). The average Bonchev–Trinajstić information content (AvgIpc) is 3.54. The van der Waals surface area contributed by atoms with E-state index < -0.39 is 0 Å². The Morgan fingerprint density at radius 1 is 1.17 bits per heavy atom. The van der Waals surface area contributed by atoms with Gasteiger partial charge in [-0.3, -0.25) is 10.2 Å². The number of hydrogen-bond acceptors (Lipinski definition) is 8. The second kappa shape index (κ2) is 8.35. The standard InChI is InChI=1S/C15H16N10.C4H9N/c1-7(17)8-2-9(10-5-19-21-11(10)3-8)14-20-15(23-22-14)12-4-13(18)24-25(12)6-16;1-2-4-5-3-1/h2-5H,1,6,16-17H2,(H2,18,24)(H,19,21)(H,20,22,23);5H,1-4H2. The van der Waals surface area contributed by atoms with Gasteiger partial charge in [-0.2, -0.15) is 15.3 Å². The highest BCUT2D eigenvalue weighted by atomic mass is 15.3. The van der Waals surface area contributed by atoms with Crippen molar-refractivity contribution in [3.63, 3.8) is 0 Å². The van der Waals surface area contributed by atoms with E-state index in [0.29, 0.717) is 28.9 Å². The molecule has 1 saturated heterocycles. The van der Waals surface area contributed by atoms with Gasteiger partial charge in [0.25, 0.3) is 0 Å². The Bertz CT molecular complexity index is 1150. The van der Waals surface area contributed by atoms with Crippen molar-refractivity contribution in [3.05, 3.63) is 36.5 Å². The summed E-state index contributed by atoms with van der Waals surface area (Å²) in [5.74, 6) is 1.36. The molecule has 0 atom stereocenters. The number of anilines is 1. The van der Waals surface area contributed by atoms with Crippen molar-refractivity contribution in [1.29, 1.82) is 0 Å². The molecular weight excluding hydrogens is 382 g/mol. The maximum atomic E-state index is 5.84. The number of hydrogen-bond donors (Lipinski definition) is 6. The highest BCUT2D eigenvalue weighted by molar-refractivity contribution is 5.95. The molecule has 0 spiro atoms. The van der Waals surface area contributed by atoms with Crippen molar-refractivity contribution in [3.8, 4) is 22.9 Å². The lowest BCUT2D eigenvalue weighted by Crippen LogP contribution is -2.10. The van der Waals surface area contributed by atoms with Crippen molar-refractivity contribution in [2.24, 2.45) is 11.5 Å². The molecule has 4 heterocycles. The van der Waals surface area contributed by atoms with Gasteiger partial charge >= 0.3 is 0 Å². The molecular formula is C19H25N11. The van der Waals surface area contributed by atoms with Gasteiger partial charge in [-0.15, -0.1) is 0 Å². The molecule has 1 aromatic carbocycles. The fourth-order valence-electron chi connectivity index (χ4n) is 3.31. The number of nitrogens with two attached hydrogens (primary N) is 3. The van der Waals surface area contributed by atoms with Crippen LogP contribution in [0.3, 0.4) is 0 Å². The molecule has 0 amide bonds. The SMILES string of the molecule is C1CCNC1.C=C(N)c1cc(-c2n[nH]c(-c3cc(N)nn3CN)n2)c2cn[nH]c2c1. The van der Waals surface area contributed by atoms with Crippen LogP contribution in [0, 0.1) is 0 Å². The lowest BCUT2D eigenvalue weighted by molar-refractivity contribution is 0.645. The summed E-state index contributed by atoms with van der Waals surface area (Å²) < 4.78 is 1.55. The van der Waals surface area contributed by atoms with Crippen molar-refractivity contribution < 1.29 is 0 Å². The molecule has 156 valence electrons. The summed E-state index contributed by atoms with van der Waals surface area (Å²) in [6.07, 6.45) is 4.49. The van der Waals surface area contributed by atoms with Crippen LogP contribution < -0.4 is 22.5 Å². The smallest absolute Gasteiger partial charge is 0.182 e. The van der Waals surface area contributed by atoms with Crippen LogP contribution in [0.4, 0.5) is 5.82 Å². The van der Waals surface area contributed by atoms with Gasteiger partial charge in [0.1, 0.15) is 11.5 Å². The quantitative estimate of drug-likeness (QED) is 0.290. The lowest BCUT2D eigenvalue weighted by Gasteiger charge is -2.04. The Balaban J connectivity index is 0.000000383. The number of rotatable bonds is 4. The Morgan fingerprint density at radius 3 is 2.63 bits per heavy atom. The maximum absolute atomic E-state index is 5.84. The molecule has 30 heavy (non-hydrogen) atoms. The lowest BCUT2D eigenvalue weighted by atomic mass is 10.0. The first-order valence-electron chi connectivity index (χ1n) is 9.66. The summed E-state index contributed by atoms with van der Waals surface area (Å²) in [7, 11) is 0. The van der Waals surface area contributed by atoms with Crippen molar-refractivity contribution in [2.45, 2.75) is 19.5 Å². The second-order valence-corrected chi connectivity index (χ2v) is 6.98. The van der Waals surface area contributed by atoms with Crippen LogP contribution in [-0.2, 0) is 6.67 Å². The number of aromatic amines is 2. The van der Waals surface area contributed by atoms with Gasteiger partial charge in [0.15, 0.2) is 11.6 Å². The van der Waals surface area contributed by atoms with E-state index in [-0.39, 0.29) is 6.67 Å². The van der Waals surface area contributed by atoms with Crippen LogP contribution in [-0.4, -0.2) is 48.2 Å². The zero-order valence-corrected chi connectivity index (χ0v) is 16.5. The van der Waals surface area contributed by atoms with Gasteiger partial charge in [-0.05, 0) is 43.6 Å². The summed E-state index contributed by atoms with van der Waals surface area (Å²) in [4.78, 5) is 4.55. The minimum absolute atomic E-state index is 0.178. The third-order valence-corrected chi connectivity index (χ3v) is 4.83. The molecule has 4 aromatic rings. The number of aromatic nitrogens is 7. The summed E-state index contributed by atoms with van der Waals surface area (Å²) >= 11 is 0. The molecule has 1 fully saturated rings. The fraction of sp³-hybridized carbons (Fsp3) is 0.263. The highest BCUT2D eigenvalue weighted by Crippen LogP contribution is 2.29. The topological polar surface area (TPSA) is 178 Å². The zero-order chi connectivity index (χ0) is 21.1. The Morgan fingerprint density at radius 2 is 1.97 bits per heavy atom. The third-order valence-electron chi connectivity index (χ3n) is 4.83. The first kappa shape index (κ1) is 19.6. The van der Waals surface area contributed by atoms with Crippen molar-refractivity contribution >= 4 is 22.4 Å². The van der Waals surface area contributed by atoms with E-state index in [1.807, 2.05) is 12.1 Å². The van der Waals surface area contributed by atoms with Crippen molar-refractivity contribution in [1.82, 2.24) is 40.5 Å². The van der Waals surface area contributed by atoms with E-state index in [9.17, 15) is 0 Å². The second-order valence-electron chi connectivity index (χ2n) is 6.98. The largest absolute Gasteiger partial charge is 0.399 e. The van der Waals surface area contributed by atoms with Crippen molar-refractivity contribution in [2.75, 3.05) is 18.8 Å². The maximum Gasteiger partial charge on any atom is 0.182 e. The molecule has 0 unspecified atom stereocenters. The summed E-state index contributed by atoms with van der Waals surface area (Å²) in [6.45, 7) is 6.46. The van der Waals surface area contributed by atoms with Gasteiger partial charge < -0.3 is 22.5 Å². The number of nitrogen functional groups attached to an aromatic ring is 1. The molecule has 1 aliphatic heterocycles. The van der Waals surface area contributed by atoms with E-state index >= 15 is 0 Å². The number of H-pyrrole nitrogens is 2. The van der Waals surface area contributed by atoms with Crippen LogP contribution in [0.25, 0.3) is 39.5 Å². The number of fused-ring (bicyclic) bond motifs is 1. The Hall–Kier alpha value is -3.70. The molecule has 11 nitrogen and oxygen atoms in total. The molecule has 0 bridgehead atoms. The predicted molar refractivity (Wildman–Crippen MR) is 117 cm³/mol. The van der Waals surface area contributed by atoms with Crippen LogP contribution in [0.15, 0.2) is 31.0 Å². The highest BCUT2D eigenvalue weighted by Gasteiger charge is 2.16. The Labute approximate surface area is 172 Å². The third kappa shape index (κ3) is 3.88. The predicted octanol–water partition coefficient (Wildman–Crippen LogP) is 1.01. The molecule has 0 radical (unpaired) electrons. The molecule has 3 aromatic heterocycles. The molecule has 11 heteroatoms. The number of nitrogens with one attached hydrogen (secondary N) is 3. The van der Waals surface area contributed by atoms with Gasteiger partial charge in [-0.25, -0.2) is 9.67 Å². The first-order valence-corrected chi connectivity index (χ1v) is 9.66. The molecule has 0 aliphatic carbocycles. The number of benzene rings is 1. The van der Waals surface area contributed by atoms with Gasteiger partial charge in [0.2, 0.25) is 0 Å². The molecule has 1 aliphatic rings. The molecule has 0 saturated carbocycles. The monoisotopic (exact) mass is 407 g/mol. The van der Waals surface area contributed by atoms with Gasteiger partial charge in [0.05, 0.1) is 18.4 Å². The van der Waals surface area contributed by atoms with E-state index in [2.05, 4.69) is 42.4 Å².